The van der Waals surface area contributed by atoms with Crippen molar-refractivity contribution in [1.29, 1.82) is 0 Å². The maximum Gasteiger partial charge on any atom is 0.283 e. The molecule has 0 bridgehead atoms. The Hall–Kier alpha value is -2.77. The van der Waals surface area contributed by atoms with Gasteiger partial charge >= 0.3 is 0 Å². The molecule has 2 aliphatic carbocycles. The molecule has 3 aliphatic rings. The zero-order chi connectivity index (χ0) is 18.4. The maximum absolute atomic E-state index is 12.9. The monoisotopic (exact) mass is 353 g/mol. The molecule has 1 saturated carbocycles. The largest absolute Gasteiger partial charge is 0.453 e. The van der Waals surface area contributed by atoms with Crippen LogP contribution in [0.25, 0.3) is 0 Å². The van der Waals surface area contributed by atoms with Crippen molar-refractivity contribution in [2.24, 2.45) is 5.92 Å². The molecule has 0 aromatic heterocycles. The highest BCUT2D eigenvalue weighted by Gasteiger charge is 2.72. The molecule has 0 radical (unpaired) electrons. The molecule has 1 heterocycles. The number of carbonyl (C=O) groups excluding carboxylic acids is 1. The van der Waals surface area contributed by atoms with E-state index in [1.807, 2.05) is 6.07 Å². The van der Waals surface area contributed by atoms with Crippen molar-refractivity contribution in [3.05, 3.63) is 68.8 Å². The Morgan fingerprint density at radius 2 is 2.00 bits per heavy atom. The Kier molecular flexibility index (Phi) is 2.67. The summed E-state index contributed by atoms with van der Waals surface area (Å²) in [4.78, 5) is 23.6. The molecule has 2 aromatic carbocycles. The number of carbonyl (C=O) groups is 1. The molecule has 2 aromatic rings. The zero-order valence-electron chi connectivity index (χ0n) is 13.8. The minimum absolute atomic E-state index is 0.102. The highest BCUT2D eigenvalue weighted by atomic mass is 16.7. The lowest BCUT2D eigenvalue weighted by atomic mass is 9.86. The van der Waals surface area contributed by atoms with Gasteiger partial charge in [0.1, 0.15) is 11.3 Å². The number of nitro benzene ring substituents is 1. The van der Waals surface area contributed by atoms with E-state index in [1.54, 1.807) is 12.1 Å². The number of fused-ring (bicyclic) bond motifs is 5. The second-order valence-corrected chi connectivity index (χ2v) is 7.32. The highest BCUT2D eigenvalue weighted by molar-refractivity contribution is 6.10. The molecular formula is C19H15NO6. The lowest BCUT2D eigenvalue weighted by Gasteiger charge is -2.28. The average molecular weight is 353 g/mol. The lowest BCUT2D eigenvalue weighted by Crippen LogP contribution is -2.48. The summed E-state index contributed by atoms with van der Waals surface area (Å²) in [6.07, 6.45) is 1.04. The van der Waals surface area contributed by atoms with Crippen molar-refractivity contribution < 1.29 is 24.7 Å². The predicted molar refractivity (Wildman–Crippen MR) is 88.8 cm³/mol. The fourth-order valence-electron chi connectivity index (χ4n) is 4.30. The van der Waals surface area contributed by atoms with Gasteiger partial charge in [0.15, 0.2) is 0 Å². The fourth-order valence-corrected chi connectivity index (χ4v) is 4.30. The minimum atomic E-state index is -2.51. The standard InChI is InChI=1S/C19H15NO6/c1-9-7-12(9)10-5-6-13-15(8-10)26-19(23)16-11(17(21)18(13,19)22)3-2-4-14(16)20(24)25/h2-6,8-9,12,22-23H,7H2,1H3/t9-,12-,18?,19?/m1/s1. The molecule has 7 nitrogen and oxygen atoms in total. The molecule has 7 heteroatoms. The Labute approximate surface area is 148 Å². The van der Waals surface area contributed by atoms with Crippen LogP contribution in [0.15, 0.2) is 36.4 Å². The summed E-state index contributed by atoms with van der Waals surface area (Å²) in [5.74, 6) is -2.21. The maximum atomic E-state index is 12.9. The molecule has 0 saturated heterocycles. The molecule has 0 spiro atoms. The van der Waals surface area contributed by atoms with Gasteiger partial charge < -0.3 is 14.9 Å². The summed E-state index contributed by atoms with van der Waals surface area (Å²) in [7, 11) is 0. The van der Waals surface area contributed by atoms with Gasteiger partial charge in [-0.15, -0.1) is 0 Å². The molecule has 0 amide bonds. The van der Waals surface area contributed by atoms with Crippen LogP contribution in [0.5, 0.6) is 5.75 Å². The molecule has 4 atom stereocenters. The summed E-state index contributed by atoms with van der Waals surface area (Å²) < 4.78 is 5.64. The molecular weight excluding hydrogens is 338 g/mol. The van der Waals surface area contributed by atoms with E-state index in [4.69, 9.17) is 4.74 Å². The molecule has 1 aliphatic heterocycles. The van der Waals surface area contributed by atoms with Crippen LogP contribution in [0.2, 0.25) is 0 Å². The molecule has 5 rings (SSSR count). The van der Waals surface area contributed by atoms with E-state index in [0.29, 0.717) is 11.8 Å². The van der Waals surface area contributed by atoms with Crippen LogP contribution in [0.4, 0.5) is 5.69 Å². The van der Waals surface area contributed by atoms with Gasteiger partial charge in [-0.25, -0.2) is 0 Å². The van der Waals surface area contributed by atoms with Crippen LogP contribution in [-0.2, 0) is 11.4 Å². The Balaban J connectivity index is 1.73. The van der Waals surface area contributed by atoms with E-state index in [-0.39, 0.29) is 22.4 Å². The number of ketones is 1. The second kappa shape index (κ2) is 4.49. The molecule has 1 fully saturated rings. The number of rotatable bonds is 2. The quantitative estimate of drug-likeness (QED) is 0.633. The van der Waals surface area contributed by atoms with Gasteiger partial charge in [-0.2, -0.15) is 0 Å². The Bertz CT molecular complexity index is 1020. The predicted octanol–water partition coefficient (Wildman–Crippen LogP) is 2.34. The van der Waals surface area contributed by atoms with Gasteiger partial charge in [0.25, 0.3) is 11.5 Å². The van der Waals surface area contributed by atoms with Gasteiger partial charge in [-0.05, 0) is 29.9 Å². The van der Waals surface area contributed by atoms with Gasteiger partial charge in [0.05, 0.1) is 4.92 Å². The third kappa shape index (κ3) is 1.58. The highest BCUT2D eigenvalue weighted by Crippen LogP contribution is 2.60. The fraction of sp³-hybridized carbons (Fsp3) is 0.316. The van der Waals surface area contributed by atoms with Crippen LogP contribution in [0.3, 0.4) is 0 Å². The number of hydrogen-bond acceptors (Lipinski definition) is 6. The topological polar surface area (TPSA) is 110 Å². The van der Waals surface area contributed by atoms with E-state index >= 15 is 0 Å². The summed E-state index contributed by atoms with van der Waals surface area (Å²) in [6, 6.07) is 8.97. The lowest BCUT2D eigenvalue weighted by molar-refractivity contribution is -0.388. The average Bonchev–Trinajstić information content (AvgIpc) is 3.26. The number of benzene rings is 2. The molecule has 132 valence electrons. The Morgan fingerprint density at radius 3 is 2.65 bits per heavy atom. The van der Waals surface area contributed by atoms with E-state index < -0.39 is 27.8 Å². The summed E-state index contributed by atoms with van der Waals surface area (Å²) in [5, 5.41) is 33.8. The van der Waals surface area contributed by atoms with Crippen molar-refractivity contribution in [2.45, 2.75) is 30.7 Å². The first kappa shape index (κ1) is 15.5. The molecule has 2 unspecified atom stereocenters. The van der Waals surface area contributed by atoms with Crippen molar-refractivity contribution >= 4 is 11.5 Å². The smallest absolute Gasteiger partial charge is 0.283 e. The van der Waals surface area contributed by atoms with E-state index in [2.05, 4.69) is 6.92 Å². The number of nitro groups is 1. The van der Waals surface area contributed by atoms with Crippen LogP contribution in [0, 0.1) is 16.0 Å². The summed E-state index contributed by atoms with van der Waals surface area (Å²) >= 11 is 0. The number of Topliss-reactive ketones (excluding diaryl/α,β-unsaturated/α-hetero) is 1. The van der Waals surface area contributed by atoms with Crippen molar-refractivity contribution in [2.75, 3.05) is 0 Å². The second-order valence-electron chi connectivity index (χ2n) is 7.32. The van der Waals surface area contributed by atoms with Crippen LogP contribution in [0.1, 0.15) is 46.3 Å². The third-order valence-corrected chi connectivity index (χ3v) is 5.83. The SMILES string of the molecule is C[C@@H]1C[C@H]1c1ccc2c(c1)OC1(O)c3c(cccc3[N+](=O)[O-])C(=O)C21O. The van der Waals surface area contributed by atoms with Crippen LogP contribution >= 0.6 is 0 Å². The number of ether oxygens (including phenoxy) is 1. The van der Waals surface area contributed by atoms with Gasteiger partial charge in [0, 0.05) is 17.2 Å². The molecule has 2 N–H and O–H groups in total. The van der Waals surface area contributed by atoms with Crippen LogP contribution in [-0.4, -0.2) is 20.9 Å². The third-order valence-electron chi connectivity index (χ3n) is 5.83. The van der Waals surface area contributed by atoms with E-state index in [0.717, 1.165) is 12.0 Å². The van der Waals surface area contributed by atoms with Gasteiger partial charge in [0.2, 0.25) is 11.4 Å². The summed E-state index contributed by atoms with van der Waals surface area (Å²) in [6.45, 7) is 2.12. The summed E-state index contributed by atoms with van der Waals surface area (Å²) in [5.41, 5.74) is -2.13. The van der Waals surface area contributed by atoms with E-state index in [1.165, 1.54) is 18.2 Å². The van der Waals surface area contributed by atoms with E-state index in [9.17, 15) is 25.1 Å². The normalized spacial score (nSPS) is 33.3. The minimum Gasteiger partial charge on any atom is -0.453 e. The number of hydrogen-bond donors (Lipinski definition) is 2. The number of aliphatic hydroxyl groups is 2. The van der Waals surface area contributed by atoms with Crippen molar-refractivity contribution in [3.8, 4) is 5.75 Å². The first-order chi connectivity index (χ1) is 12.3. The van der Waals surface area contributed by atoms with Gasteiger partial charge in [-0.3, -0.25) is 14.9 Å². The van der Waals surface area contributed by atoms with Gasteiger partial charge in [-0.1, -0.05) is 31.2 Å². The molecule has 26 heavy (non-hydrogen) atoms. The van der Waals surface area contributed by atoms with Crippen molar-refractivity contribution in [3.63, 3.8) is 0 Å². The number of nitrogens with zero attached hydrogens (tertiary/aromatic N) is 1. The van der Waals surface area contributed by atoms with Crippen LogP contribution < -0.4 is 4.74 Å². The first-order valence-corrected chi connectivity index (χ1v) is 8.40. The Morgan fingerprint density at radius 1 is 1.27 bits per heavy atom. The zero-order valence-corrected chi connectivity index (χ0v) is 13.8. The first-order valence-electron chi connectivity index (χ1n) is 8.40. The van der Waals surface area contributed by atoms with Crippen molar-refractivity contribution in [1.82, 2.24) is 0 Å².